The molecule has 3 aromatic rings. The van der Waals surface area contributed by atoms with E-state index in [1.807, 2.05) is 0 Å². The number of aryl methyl sites for hydroxylation is 1. The van der Waals surface area contributed by atoms with Crippen molar-refractivity contribution in [2.24, 2.45) is 0 Å². The fourth-order valence-electron chi connectivity index (χ4n) is 4.14. The normalized spacial score (nSPS) is 11.2. The van der Waals surface area contributed by atoms with Crippen LogP contribution in [0.2, 0.25) is 0 Å². The fourth-order valence-corrected chi connectivity index (χ4v) is 4.14. The zero-order valence-electron chi connectivity index (χ0n) is 18.4. The molecule has 1 heterocycles. The molecule has 0 unspecified atom stereocenters. The molecule has 0 saturated carbocycles. The van der Waals surface area contributed by atoms with Gasteiger partial charge in [-0.05, 0) is 31.9 Å². The molecule has 2 aromatic carbocycles. The van der Waals surface area contributed by atoms with Crippen molar-refractivity contribution in [2.75, 3.05) is 6.61 Å². The Balaban J connectivity index is 1.28. The molecule has 0 N–H and O–H groups in total. The number of aromatic nitrogens is 1. The van der Waals surface area contributed by atoms with E-state index >= 15 is 0 Å². The molecule has 0 spiro atoms. The molecule has 30 heavy (non-hydrogen) atoms. The number of nitrogens with zero attached hydrogens (tertiary/aromatic N) is 1. The molecule has 160 valence electrons. The number of rotatable bonds is 13. The van der Waals surface area contributed by atoms with Crippen molar-refractivity contribution in [3.8, 4) is 0 Å². The van der Waals surface area contributed by atoms with E-state index in [2.05, 4.69) is 59.7 Å². The van der Waals surface area contributed by atoms with Gasteiger partial charge in [0.05, 0.1) is 6.61 Å². The summed E-state index contributed by atoms with van der Waals surface area (Å²) in [4.78, 5) is 11.3. The second-order valence-corrected chi connectivity index (χ2v) is 8.28. The molecule has 0 aliphatic rings. The van der Waals surface area contributed by atoms with E-state index in [9.17, 15) is 4.79 Å². The average molecular weight is 406 g/mol. The molecule has 3 heteroatoms. The lowest BCUT2D eigenvalue weighted by Gasteiger charge is -2.08. The highest BCUT2D eigenvalue weighted by molar-refractivity contribution is 6.07. The van der Waals surface area contributed by atoms with Crippen molar-refractivity contribution in [3.63, 3.8) is 0 Å². The molecule has 0 saturated heterocycles. The van der Waals surface area contributed by atoms with E-state index in [4.69, 9.17) is 4.74 Å². The molecule has 0 bridgehead atoms. The Bertz CT molecular complexity index is 916. The Morgan fingerprint density at radius 1 is 0.767 bits per heavy atom. The highest BCUT2D eigenvalue weighted by Gasteiger charge is 2.08. The van der Waals surface area contributed by atoms with E-state index in [0.29, 0.717) is 12.2 Å². The minimum absolute atomic E-state index is 0.268. The lowest BCUT2D eigenvalue weighted by atomic mass is 10.1. The quantitative estimate of drug-likeness (QED) is 0.168. The van der Waals surface area contributed by atoms with Gasteiger partial charge in [-0.3, -0.25) is 0 Å². The van der Waals surface area contributed by atoms with Gasteiger partial charge in [-0.15, -0.1) is 0 Å². The molecule has 0 amide bonds. The standard InChI is InChI=1S/C27H35NO2/c1-22(2)27(29)30-21-15-9-7-5-3-4-6-8-14-20-28-25-18-12-10-16-23(25)24-17-11-13-19-26(24)28/h10-13,16-19H,1,3-9,14-15,20-21H2,2H3. The Labute approximate surface area is 180 Å². The summed E-state index contributed by atoms with van der Waals surface area (Å²) in [5, 5.41) is 2.73. The van der Waals surface area contributed by atoms with Crippen LogP contribution in [0.15, 0.2) is 60.7 Å². The van der Waals surface area contributed by atoms with Gasteiger partial charge in [0.1, 0.15) is 0 Å². The van der Waals surface area contributed by atoms with Gasteiger partial charge in [0.15, 0.2) is 0 Å². The van der Waals surface area contributed by atoms with Gasteiger partial charge < -0.3 is 9.30 Å². The number of hydrogen-bond donors (Lipinski definition) is 0. The third kappa shape index (κ3) is 5.98. The van der Waals surface area contributed by atoms with Crippen LogP contribution in [-0.2, 0) is 16.1 Å². The highest BCUT2D eigenvalue weighted by Crippen LogP contribution is 2.29. The van der Waals surface area contributed by atoms with Crippen LogP contribution < -0.4 is 0 Å². The summed E-state index contributed by atoms with van der Waals surface area (Å²) in [7, 11) is 0. The predicted molar refractivity (Wildman–Crippen MR) is 127 cm³/mol. The van der Waals surface area contributed by atoms with Crippen LogP contribution in [0.1, 0.15) is 64.7 Å². The molecule has 3 rings (SSSR count). The SMILES string of the molecule is C=C(C)C(=O)OCCCCCCCCCCCn1c2ccccc2c2ccccc21. The van der Waals surface area contributed by atoms with Gasteiger partial charge in [0, 0.05) is 33.9 Å². The molecule has 3 nitrogen and oxygen atoms in total. The van der Waals surface area contributed by atoms with Gasteiger partial charge in [0.2, 0.25) is 0 Å². The van der Waals surface area contributed by atoms with Crippen molar-refractivity contribution in [2.45, 2.75) is 71.3 Å². The second-order valence-electron chi connectivity index (χ2n) is 8.28. The van der Waals surface area contributed by atoms with Crippen LogP contribution in [0, 0.1) is 0 Å². The summed E-state index contributed by atoms with van der Waals surface area (Å²) in [6.07, 6.45) is 11.1. The van der Waals surface area contributed by atoms with Crippen molar-refractivity contribution >= 4 is 27.8 Å². The molecule has 0 atom stereocenters. The Hall–Kier alpha value is -2.55. The predicted octanol–water partition coefficient (Wildman–Crippen LogP) is 7.42. The van der Waals surface area contributed by atoms with Crippen LogP contribution in [-0.4, -0.2) is 17.1 Å². The monoisotopic (exact) mass is 405 g/mol. The van der Waals surface area contributed by atoms with Crippen molar-refractivity contribution in [1.82, 2.24) is 4.57 Å². The lowest BCUT2D eigenvalue weighted by molar-refractivity contribution is -0.139. The highest BCUT2D eigenvalue weighted by atomic mass is 16.5. The molecular weight excluding hydrogens is 370 g/mol. The maximum Gasteiger partial charge on any atom is 0.333 e. The molecule has 0 aliphatic carbocycles. The summed E-state index contributed by atoms with van der Waals surface area (Å²) in [5.74, 6) is -0.268. The van der Waals surface area contributed by atoms with Gasteiger partial charge in [0.25, 0.3) is 0 Å². The Morgan fingerprint density at radius 2 is 1.23 bits per heavy atom. The first-order chi connectivity index (χ1) is 14.7. The third-order valence-corrected chi connectivity index (χ3v) is 5.79. The van der Waals surface area contributed by atoms with E-state index < -0.39 is 0 Å². The minimum atomic E-state index is -0.268. The van der Waals surface area contributed by atoms with Crippen LogP contribution >= 0.6 is 0 Å². The molecule has 0 radical (unpaired) electrons. The van der Waals surface area contributed by atoms with Gasteiger partial charge in [-0.25, -0.2) is 4.79 Å². The van der Waals surface area contributed by atoms with Crippen LogP contribution in [0.3, 0.4) is 0 Å². The number of ether oxygens (including phenoxy) is 1. The van der Waals surface area contributed by atoms with E-state index in [1.54, 1.807) is 6.92 Å². The fraction of sp³-hybridized carbons (Fsp3) is 0.444. The van der Waals surface area contributed by atoms with Crippen LogP contribution in [0.4, 0.5) is 0 Å². The largest absolute Gasteiger partial charge is 0.462 e. The van der Waals surface area contributed by atoms with E-state index in [1.165, 1.54) is 66.8 Å². The number of hydrogen-bond acceptors (Lipinski definition) is 2. The van der Waals surface area contributed by atoms with Crippen molar-refractivity contribution < 1.29 is 9.53 Å². The first-order valence-corrected chi connectivity index (χ1v) is 11.5. The minimum Gasteiger partial charge on any atom is -0.462 e. The van der Waals surface area contributed by atoms with E-state index in [-0.39, 0.29) is 5.97 Å². The Kier molecular flexibility index (Phi) is 8.55. The van der Waals surface area contributed by atoms with Gasteiger partial charge in [-0.2, -0.15) is 0 Å². The third-order valence-electron chi connectivity index (χ3n) is 5.79. The number of carbonyl (C=O) groups is 1. The number of unbranched alkanes of at least 4 members (excludes halogenated alkanes) is 8. The van der Waals surface area contributed by atoms with Gasteiger partial charge >= 0.3 is 5.97 Å². The maximum absolute atomic E-state index is 11.3. The number of fused-ring (bicyclic) bond motifs is 3. The summed E-state index contributed by atoms with van der Waals surface area (Å²) < 4.78 is 7.61. The number of carbonyl (C=O) groups excluding carboxylic acids is 1. The zero-order chi connectivity index (χ0) is 21.2. The molecular formula is C27H35NO2. The molecule has 1 aromatic heterocycles. The summed E-state index contributed by atoms with van der Waals surface area (Å²) >= 11 is 0. The smallest absolute Gasteiger partial charge is 0.333 e. The summed E-state index contributed by atoms with van der Waals surface area (Å²) in [6.45, 7) is 6.89. The summed E-state index contributed by atoms with van der Waals surface area (Å²) in [5.41, 5.74) is 3.19. The van der Waals surface area contributed by atoms with Crippen LogP contribution in [0.25, 0.3) is 21.8 Å². The lowest BCUT2D eigenvalue weighted by Crippen LogP contribution is -2.05. The number of para-hydroxylation sites is 2. The summed E-state index contributed by atoms with van der Waals surface area (Å²) in [6, 6.07) is 17.5. The van der Waals surface area contributed by atoms with Gasteiger partial charge in [-0.1, -0.05) is 87.9 Å². The molecule has 0 fully saturated rings. The van der Waals surface area contributed by atoms with Crippen LogP contribution in [0.5, 0.6) is 0 Å². The Morgan fingerprint density at radius 3 is 1.77 bits per heavy atom. The number of esters is 1. The number of benzene rings is 2. The first kappa shape index (κ1) is 22.1. The van der Waals surface area contributed by atoms with Crippen molar-refractivity contribution in [1.29, 1.82) is 0 Å². The van der Waals surface area contributed by atoms with E-state index in [0.717, 1.165) is 19.4 Å². The maximum atomic E-state index is 11.3. The molecule has 0 aliphatic heterocycles. The topological polar surface area (TPSA) is 31.2 Å². The first-order valence-electron chi connectivity index (χ1n) is 11.5. The zero-order valence-corrected chi connectivity index (χ0v) is 18.4. The average Bonchev–Trinajstić information content (AvgIpc) is 3.08. The second kappa shape index (κ2) is 11.6. The van der Waals surface area contributed by atoms with Crippen molar-refractivity contribution in [3.05, 3.63) is 60.7 Å².